The Kier molecular flexibility index (Phi) is 4.32. The van der Waals surface area contributed by atoms with Gasteiger partial charge in [-0.1, -0.05) is 24.3 Å². The highest BCUT2D eigenvalue weighted by Gasteiger charge is 2.09. The summed E-state index contributed by atoms with van der Waals surface area (Å²) in [5.41, 5.74) is 3.35. The Hall–Kier alpha value is -1.000. The second kappa shape index (κ2) is 6.19. The van der Waals surface area contributed by atoms with Gasteiger partial charge in [0.2, 0.25) is 0 Å². The summed E-state index contributed by atoms with van der Waals surface area (Å²) in [7, 11) is 0. The molecular formula is C16H14F2S2. The van der Waals surface area contributed by atoms with Crippen LogP contribution in [0.25, 0.3) is 0 Å². The minimum Gasteiger partial charge on any atom is -0.207 e. The van der Waals surface area contributed by atoms with E-state index in [1.807, 2.05) is 24.3 Å². The molecule has 4 aliphatic rings. The zero-order chi connectivity index (χ0) is 13.9. The molecular weight excluding hydrogens is 294 g/mol. The van der Waals surface area contributed by atoms with Gasteiger partial charge in [0.15, 0.2) is 0 Å². The van der Waals surface area contributed by atoms with Crippen LogP contribution in [0.15, 0.2) is 36.4 Å². The molecule has 2 aromatic carbocycles. The molecule has 0 unspecified atom stereocenters. The van der Waals surface area contributed by atoms with Crippen LogP contribution in [0.3, 0.4) is 0 Å². The first-order valence-electron chi connectivity index (χ1n) is 6.42. The minimum absolute atomic E-state index is 0.151. The van der Waals surface area contributed by atoms with Gasteiger partial charge < -0.3 is 0 Å². The summed E-state index contributed by atoms with van der Waals surface area (Å²) < 4.78 is 27.9. The largest absolute Gasteiger partial charge is 0.207 e. The fourth-order valence-electron chi connectivity index (χ4n) is 2.15. The predicted octanol–water partition coefficient (Wildman–Crippen LogP) is 5.15. The summed E-state index contributed by atoms with van der Waals surface area (Å²) in [5.74, 6) is 2.33. The topological polar surface area (TPSA) is 0 Å². The number of rotatable bonds is 0. The lowest BCUT2D eigenvalue weighted by Gasteiger charge is -2.10. The van der Waals surface area contributed by atoms with E-state index in [1.165, 1.54) is 11.8 Å². The van der Waals surface area contributed by atoms with Gasteiger partial charge in [-0.05, 0) is 34.4 Å². The van der Waals surface area contributed by atoms with E-state index in [-0.39, 0.29) is 11.6 Å². The maximum Gasteiger partial charge on any atom is 0.127 e. The Morgan fingerprint density at radius 1 is 0.650 bits per heavy atom. The van der Waals surface area contributed by atoms with Crippen LogP contribution in [0.2, 0.25) is 0 Å². The average molecular weight is 308 g/mol. The maximum atomic E-state index is 13.9. The van der Waals surface area contributed by atoms with Crippen molar-refractivity contribution in [2.24, 2.45) is 0 Å². The van der Waals surface area contributed by atoms with Gasteiger partial charge in [-0.3, -0.25) is 0 Å². The van der Waals surface area contributed by atoms with E-state index in [9.17, 15) is 8.78 Å². The third-order valence-electron chi connectivity index (χ3n) is 3.29. The lowest BCUT2D eigenvalue weighted by Crippen LogP contribution is -1.95. The molecule has 6 rings (SSSR count). The van der Waals surface area contributed by atoms with E-state index in [0.29, 0.717) is 22.6 Å². The molecule has 0 radical (unpaired) electrons. The van der Waals surface area contributed by atoms with Crippen LogP contribution < -0.4 is 0 Å². The quantitative estimate of drug-likeness (QED) is 0.660. The van der Waals surface area contributed by atoms with Crippen LogP contribution in [-0.4, -0.2) is 0 Å². The van der Waals surface area contributed by atoms with Crippen molar-refractivity contribution in [3.8, 4) is 0 Å². The van der Waals surface area contributed by atoms with Crippen LogP contribution in [0.5, 0.6) is 0 Å². The zero-order valence-electron chi connectivity index (χ0n) is 10.9. The van der Waals surface area contributed by atoms with E-state index in [0.717, 1.165) is 22.6 Å². The molecule has 0 saturated heterocycles. The van der Waals surface area contributed by atoms with E-state index in [1.54, 1.807) is 23.9 Å². The molecule has 0 atom stereocenters. The molecule has 4 aliphatic heterocycles. The first-order chi connectivity index (χ1) is 9.72. The Balaban J connectivity index is 1.89. The van der Waals surface area contributed by atoms with Crippen molar-refractivity contribution in [1.29, 1.82) is 0 Å². The zero-order valence-corrected chi connectivity index (χ0v) is 12.5. The summed E-state index contributed by atoms with van der Waals surface area (Å²) in [6.07, 6.45) is 0. The number of thioether (sulfide) groups is 2. The van der Waals surface area contributed by atoms with E-state index >= 15 is 0 Å². The van der Waals surface area contributed by atoms with Gasteiger partial charge in [0.1, 0.15) is 11.6 Å². The molecule has 0 fully saturated rings. The van der Waals surface area contributed by atoms with Gasteiger partial charge >= 0.3 is 0 Å². The van der Waals surface area contributed by atoms with Crippen LogP contribution in [0, 0.1) is 11.6 Å². The SMILES string of the molecule is Fc1cc2ccc1CSCc1ccc(cc1F)CSC2. The highest BCUT2D eigenvalue weighted by Crippen LogP contribution is 2.26. The monoisotopic (exact) mass is 308 g/mol. The fraction of sp³-hybridized carbons (Fsp3) is 0.250. The van der Waals surface area contributed by atoms with Crippen LogP contribution in [0.1, 0.15) is 22.3 Å². The normalized spacial score (nSPS) is 15.3. The highest BCUT2D eigenvalue weighted by atomic mass is 32.2. The number of hydrogen-bond acceptors (Lipinski definition) is 2. The van der Waals surface area contributed by atoms with E-state index in [2.05, 4.69) is 0 Å². The lowest BCUT2D eigenvalue weighted by atomic mass is 10.1. The van der Waals surface area contributed by atoms with Gasteiger partial charge in [-0.2, -0.15) is 23.5 Å². The third kappa shape index (κ3) is 3.18. The number of hydrogen-bond donors (Lipinski definition) is 0. The number of halogens is 2. The summed E-state index contributed by atoms with van der Waals surface area (Å²) in [6.45, 7) is 0. The predicted molar refractivity (Wildman–Crippen MR) is 82.8 cm³/mol. The molecule has 0 nitrogen and oxygen atoms in total. The van der Waals surface area contributed by atoms with Crippen LogP contribution in [-0.2, 0) is 23.0 Å². The molecule has 0 N–H and O–H groups in total. The molecule has 4 bridgehead atoms. The minimum atomic E-state index is -0.151. The van der Waals surface area contributed by atoms with Crippen LogP contribution >= 0.6 is 23.5 Å². The Morgan fingerprint density at radius 3 is 1.55 bits per heavy atom. The van der Waals surface area contributed by atoms with Gasteiger partial charge in [-0.15, -0.1) is 0 Å². The van der Waals surface area contributed by atoms with Crippen molar-refractivity contribution in [2.75, 3.05) is 0 Å². The number of benzene rings is 2. The first kappa shape index (κ1) is 14.0. The standard InChI is InChI=1S/C16H14F2S2/c17-15-5-11-1-3-13(15)9-20-10-14-4-2-12(6-16(14)18)8-19-7-11/h1-6H,7-10H2. The van der Waals surface area contributed by atoms with Gasteiger partial charge in [-0.25, -0.2) is 8.78 Å². The van der Waals surface area contributed by atoms with E-state index < -0.39 is 0 Å². The first-order valence-corrected chi connectivity index (χ1v) is 8.73. The molecule has 0 saturated carbocycles. The Morgan fingerprint density at radius 2 is 1.10 bits per heavy atom. The Bertz CT molecular complexity index is 572. The molecule has 4 heteroatoms. The summed E-state index contributed by atoms with van der Waals surface area (Å²) in [5, 5.41) is 0. The van der Waals surface area contributed by atoms with Crippen molar-refractivity contribution in [3.63, 3.8) is 0 Å². The molecule has 4 heterocycles. The third-order valence-corrected chi connectivity index (χ3v) is 5.39. The lowest BCUT2D eigenvalue weighted by molar-refractivity contribution is 0.614. The summed E-state index contributed by atoms with van der Waals surface area (Å²) in [6, 6.07) is 10.9. The second-order valence-electron chi connectivity index (χ2n) is 4.84. The van der Waals surface area contributed by atoms with E-state index in [4.69, 9.17) is 0 Å². The fourth-order valence-corrected chi connectivity index (χ4v) is 4.10. The maximum absolute atomic E-state index is 13.9. The highest BCUT2D eigenvalue weighted by molar-refractivity contribution is 7.98. The summed E-state index contributed by atoms with van der Waals surface area (Å²) in [4.78, 5) is 0. The average Bonchev–Trinajstić information content (AvgIpc) is 2.43. The molecule has 104 valence electrons. The molecule has 0 spiro atoms. The van der Waals surface area contributed by atoms with Crippen molar-refractivity contribution in [1.82, 2.24) is 0 Å². The van der Waals surface area contributed by atoms with Gasteiger partial charge in [0, 0.05) is 23.0 Å². The molecule has 0 aliphatic carbocycles. The van der Waals surface area contributed by atoms with Crippen molar-refractivity contribution in [3.05, 3.63) is 70.3 Å². The van der Waals surface area contributed by atoms with Crippen LogP contribution in [0.4, 0.5) is 8.78 Å². The van der Waals surface area contributed by atoms with Gasteiger partial charge in [0.25, 0.3) is 0 Å². The molecule has 0 aromatic heterocycles. The van der Waals surface area contributed by atoms with Crippen molar-refractivity contribution >= 4 is 23.5 Å². The molecule has 2 aromatic rings. The van der Waals surface area contributed by atoms with Crippen molar-refractivity contribution in [2.45, 2.75) is 23.0 Å². The Labute approximate surface area is 126 Å². The van der Waals surface area contributed by atoms with Gasteiger partial charge in [0.05, 0.1) is 0 Å². The smallest absolute Gasteiger partial charge is 0.127 e. The summed E-state index contributed by atoms with van der Waals surface area (Å²) >= 11 is 3.22. The second-order valence-corrected chi connectivity index (χ2v) is 6.81. The van der Waals surface area contributed by atoms with Crippen molar-refractivity contribution < 1.29 is 8.78 Å². The molecule has 0 amide bonds. The molecule has 20 heavy (non-hydrogen) atoms.